The number of hydrogen-bond donors (Lipinski definition) is 2. The van der Waals surface area contributed by atoms with Gasteiger partial charge in [0.1, 0.15) is 30.3 Å². The van der Waals surface area contributed by atoms with Gasteiger partial charge in [0, 0.05) is 10.6 Å². The van der Waals surface area contributed by atoms with Crippen LogP contribution in [0.1, 0.15) is 26.5 Å². The van der Waals surface area contributed by atoms with Gasteiger partial charge in [0.05, 0.1) is 12.3 Å². The van der Waals surface area contributed by atoms with Crippen LogP contribution in [0.3, 0.4) is 0 Å². The average Bonchev–Trinajstić information content (AvgIpc) is 3.33. The Kier molecular flexibility index (Phi) is 8.35. The number of amides is 2. The number of β-lactam (4-membered cyclic amide) rings is 1. The zero-order chi connectivity index (χ0) is 24.1. The summed E-state index contributed by atoms with van der Waals surface area (Å²) in [4.78, 5) is 36.1. The van der Waals surface area contributed by atoms with E-state index in [4.69, 9.17) is 32.3 Å². The van der Waals surface area contributed by atoms with Crippen LogP contribution in [-0.4, -0.2) is 74.7 Å². The first-order valence-corrected chi connectivity index (χ1v) is 12.2. The van der Waals surface area contributed by atoms with E-state index in [1.165, 1.54) is 23.8 Å². The first kappa shape index (κ1) is 27.3. The summed E-state index contributed by atoms with van der Waals surface area (Å²) >= 11 is 7.54. The predicted octanol–water partition coefficient (Wildman–Crippen LogP) is -3.04. The van der Waals surface area contributed by atoms with E-state index in [0.29, 0.717) is 5.57 Å². The Labute approximate surface area is 231 Å². The Morgan fingerprint density at radius 2 is 2.21 bits per heavy atom. The van der Waals surface area contributed by atoms with Gasteiger partial charge < -0.3 is 30.5 Å². The molecule has 0 aliphatic carbocycles. The van der Waals surface area contributed by atoms with Crippen molar-refractivity contribution in [2.75, 3.05) is 19.5 Å². The number of aromatic nitrogens is 1. The summed E-state index contributed by atoms with van der Waals surface area (Å²) in [6, 6.07) is -0.883. The molecule has 3 aliphatic rings. The molecule has 0 aromatic carbocycles. The van der Waals surface area contributed by atoms with Gasteiger partial charge in [-0.05, 0) is 31.4 Å². The number of fused-ring (bicyclic) bond motifs is 1. The van der Waals surface area contributed by atoms with E-state index in [-0.39, 0.29) is 63.6 Å². The van der Waals surface area contributed by atoms with Gasteiger partial charge in [0.25, 0.3) is 11.8 Å². The standard InChI is InChI=1S/C19H23N5O6S3.Na/c1-7-10(9-5-29-19(2,3)30-9)13(17(27)31)24-15(26)12(16(24)33-7)22-14(25)11(23-28-4)8-6-32-18(20)21-8;/h6-7,9,12,16H,5H2,1-4H3,(H2,20,21)(H,22,25)(H,27,31);/q;+1/p-1/b23-11-;/t7?,9?,12?,16-;/m1./s1. The number of rotatable bonds is 6. The SMILES string of the molecule is CO/N=C(\C(=O)NC1C(=O)N2C(C([O-])=S)=C(C3COC(C)(C)O3)C(C)S[C@H]12)c1csc(N)n1.[Na+]. The van der Waals surface area contributed by atoms with Gasteiger partial charge in [-0.25, -0.2) is 4.98 Å². The molecule has 34 heavy (non-hydrogen) atoms. The van der Waals surface area contributed by atoms with Crippen molar-refractivity contribution in [3.8, 4) is 0 Å². The van der Waals surface area contributed by atoms with Crippen molar-refractivity contribution in [3.63, 3.8) is 0 Å². The van der Waals surface area contributed by atoms with Crippen LogP contribution >= 0.6 is 35.3 Å². The number of thiazole rings is 1. The average molecular weight is 536 g/mol. The molecule has 0 saturated carbocycles. The first-order chi connectivity index (χ1) is 15.5. The summed E-state index contributed by atoms with van der Waals surface area (Å²) in [5.41, 5.74) is 6.52. The molecule has 11 nitrogen and oxygen atoms in total. The summed E-state index contributed by atoms with van der Waals surface area (Å²) in [6.07, 6.45) is -0.498. The van der Waals surface area contributed by atoms with Crippen molar-refractivity contribution in [1.82, 2.24) is 15.2 Å². The van der Waals surface area contributed by atoms with Crippen molar-refractivity contribution in [3.05, 3.63) is 22.3 Å². The molecule has 15 heteroatoms. The molecule has 0 bridgehead atoms. The van der Waals surface area contributed by atoms with Gasteiger partial charge >= 0.3 is 29.6 Å². The van der Waals surface area contributed by atoms with E-state index in [0.717, 1.165) is 11.3 Å². The third kappa shape index (κ3) is 5.00. The molecule has 2 saturated heterocycles. The minimum atomic E-state index is -0.883. The fourth-order valence-corrected chi connectivity index (χ4v) is 6.23. The van der Waals surface area contributed by atoms with E-state index in [1.807, 2.05) is 6.92 Å². The number of nitrogens with zero attached hydrogens (tertiary/aromatic N) is 3. The van der Waals surface area contributed by atoms with Crippen LogP contribution in [0.5, 0.6) is 0 Å². The fourth-order valence-electron chi connectivity index (χ4n) is 3.96. The number of nitrogen functional groups attached to an aromatic ring is 1. The van der Waals surface area contributed by atoms with Crippen molar-refractivity contribution < 1.29 is 58.6 Å². The molecule has 2 amide bonds. The van der Waals surface area contributed by atoms with Crippen LogP contribution in [0.2, 0.25) is 0 Å². The van der Waals surface area contributed by atoms with Gasteiger partial charge in [0.2, 0.25) is 0 Å². The Bertz CT molecular complexity index is 1080. The second-order valence-corrected chi connectivity index (χ2v) is 10.7. The Morgan fingerprint density at radius 3 is 2.74 bits per heavy atom. The third-order valence-corrected chi connectivity index (χ3v) is 7.63. The molecule has 2 fully saturated rings. The molecule has 1 aromatic heterocycles. The molecule has 0 spiro atoms. The maximum Gasteiger partial charge on any atom is 1.00 e. The van der Waals surface area contributed by atoms with Gasteiger partial charge in [-0.1, -0.05) is 17.4 Å². The van der Waals surface area contributed by atoms with E-state index in [9.17, 15) is 14.7 Å². The molecule has 3 aliphatic heterocycles. The number of anilines is 1. The Balaban J connectivity index is 0.00000324. The summed E-state index contributed by atoms with van der Waals surface area (Å²) in [5.74, 6) is -1.91. The number of nitrogens with two attached hydrogens (primary N) is 1. The van der Waals surface area contributed by atoms with E-state index in [1.54, 1.807) is 19.2 Å². The van der Waals surface area contributed by atoms with Gasteiger partial charge in [0.15, 0.2) is 16.6 Å². The quantitative estimate of drug-likeness (QED) is 0.126. The summed E-state index contributed by atoms with van der Waals surface area (Å²) < 4.78 is 11.6. The minimum absolute atomic E-state index is 0. The normalized spacial score (nSPS) is 28.1. The molecule has 1 aromatic rings. The van der Waals surface area contributed by atoms with Crippen LogP contribution in [0.4, 0.5) is 5.13 Å². The number of carbonyl (C=O) groups is 2. The molecule has 4 rings (SSSR count). The molecule has 3 N–H and O–H groups in total. The smallest absolute Gasteiger partial charge is 0.863 e. The maximum absolute atomic E-state index is 13.1. The predicted molar refractivity (Wildman–Crippen MR) is 124 cm³/mol. The van der Waals surface area contributed by atoms with Gasteiger partial charge in [-0.3, -0.25) is 14.5 Å². The number of thiocarbonyl (C=S) groups is 1. The second-order valence-electron chi connectivity index (χ2n) is 7.93. The van der Waals surface area contributed by atoms with E-state index >= 15 is 0 Å². The third-order valence-electron chi connectivity index (χ3n) is 5.34. The monoisotopic (exact) mass is 535 g/mol. The number of carbonyl (C=O) groups excluding carboxylic acids is 2. The fraction of sp³-hybridized carbons (Fsp3) is 0.526. The zero-order valence-corrected chi connectivity index (χ0v) is 23.6. The van der Waals surface area contributed by atoms with Crippen LogP contribution < -0.4 is 45.7 Å². The van der Waals surface area contributed by atoms with Crippen LogP contribution in [0.25, 0.3) is 0 Å². The van der Waals surface area contributed by atoms with Crippen molar-refractivity contribution in [1.29, 1.82) is 0 Å². The number of nitrogens with one attached hydrogen (secondary N) is 1. The number of hydrogen-bond acceptors (Lipinski definition) is 12. The topological polar surface area (TPSA) is 151 Å². The Morgan fingerprint density at radius 1 is 1.50 bits per heavy atom. The summed E-state index contributed by atoms with van der Waals surface area (Å²) in [7, 11) is 1.29. The van der Waals surface area contributed by atoms with E-state index < -0.39 is 40.2 Å². The van der Waals surface area contributed by atoms with E-state index in [2.05, 4.69) is 15.5 Å². The van der Waals surface area contributed by atoms with Crippen LogP contribution in [0.15, 0.2) is 21.8 Å². The van der Waals surface area contributed by atoms with Crippen molar-refractivity contribution in [2.45, 2.75) is 49.3 Å². The molecule has 4 atom stereocenters. The number of thioether (sulfide) groups is 1. The Hall–Kier alpha value is -1.26. The zero-order valence-electron chi connectivity index (χ0n) is 19.2. The maximum atomic E-state index is 13.1. The second kappa shape index (κ2) is 10.4. The molecule has 4 heterocycles. The molecular weight excluding hydrogens is 513 g/mol. The van der Waals surface area contributed by atoms with Crippen molar-refractivity contribution in [2.24, 2.45) is 5.16 Å². The summed E-state index contributed by atoms with van der Waals surface area (Å²) in [6.45, 7) is 5.71. The molecular formula is C19H22N5NaO6S3. The van der Waals surface area contributed by atoms with Crippen LogP contribution in [0, 0.1) is 0 Å². The molecule has 178 valence electrons. The largest absolute Gasteiger partial charge is 1.00 e. The first-order valence-electron chi connectivity index (χ1n) is 9.93. The number of ether oxygens (including phenoxy) is 2. The summed E-state index contributed by atoms with van der Waals surface area (Å²) in [5, 5.41) is 19.3. The number of oxime groups is 1. The minimum Gasteiger partial charge on any atom is -0.863 e. The molecule has 0 radical (unpaired) electrons. The van der Waals surface area contributed by atoms with Crippen molar-refractivity contribution >= 4 is 63.0 Å². The van der Waals surface area contributed by atoms with Crippen LogP contribution in [-0.2, 0) is 23.9 Å². The van der Waals surface area contributed by atoms with Gasteiger partial charge in [-0.15, -0.1) is 23.1 Å². The molecule has 3 unspecified atom stereocenters. The van der Waals surface area contributed by atoms with Gasteiger partial charge in [-0.2, -0.15) is 0 Å².